The fraction of sp³-hybridized carbons (Fsp3) is 0.0400. The quantitative estimate of drug-likeness (QED) is 0.290. The van der Waals surface area contributed by atoms with Crippen molar-refractivity contribution < 1.29 is 8.83 Å². The van der Waals surface area contributed by atoms with Crippen molar-refractivity contribution >= 4 is 44.5 Å². The molecule has 0 fully saturated rings. The van der Waals surface area contributed by atoms with Gasteiger partial charge in [0.25, 0.3) is 0 Å². The van der Waals surface area contributed by atoms with E-state index < -0.39 is 11.3 Å². The summed E-state index contributed by atoms with van der Waals surface area (Å²) < 4.78 is 10.7. The molecule has 0 unspecified atom stereocenters. The maximum absolute atomic E-state index is 12.4. The first-order valence-electron chi connectivity index (χ1n) is 9.92. The summed E-state index contributed by atoms with van der Waals surface area (Å²) in [5.41, 5.74) is 2.60. The zero-order chi connectivity index (χ0) is 22.9. The number of aromatic nitrogens is 1. The Bertz CT molecular complexity index is 1720. The molecule has 7 nitrogen and oxygen atoms in total. The van der Waals surface area contributed by atoms with Gasteiger partial charge in [0, 0.05) is 40.2 Å². The number of thiazole rings is 1. The Labute approximate surface area is 190 Å². The molecule has 0 aliphatic carbocycles. The van der Waals surface area contributed by atoms with E-state index in [4.69, 9.17) is 8.83 Å². The first-order chi connectivity index (χ1) is 16.0. The average Bonchev–Trinajstić information content (AvgIpc) is 3.28. The lowest BCUT2D eigenvalue weighted by Crippen LogP contribution is -2.02. The van der Waals surface area contributed by atoms with Crippen LogP contribution >= 0.6 is 11.3 Å². The van der Waals surface area contributed by atoms with Gasteiger partial charge in [-0.2, -0.15) is 5.26 Å². The van der Waals surface area contributed by atoms with Gasteiger partial charge in [-0.3, -0.25) is 0 Å². The minimum atomic E-state index is -0.487. The Morgan fingerprint density at radius 3 is 2.79 bits per heavy atom. The molecule has 0 bridgehead atoms. The monoisotopic (exact) mass is 453 g/mol. The number of para-hydroxylation sites is 1. The average molecular weight is 453 g/mol. The van der Waals surface area contributed by atoms with Gasteiger partial charge in [-0.1, -0.05) is 18.2 Å². The van der Waals surface area contributed by atoms with E-state index in [0.717, 1.165) is 16.3 Å². The maximum Gasteiger partial charge on any atom is 0.345 e. The molecule has 5 rings (SSSR count). The Balaban J connectivity index is 1.46. The van der Waals surface area contributed by atoms with Crippen LogP contribution in [0.1, 0.15) is 10.6 Å². The summed E-state index contributed by atoms with van der Waals surface area (Å²) in [5, 5.41) is 16.5. The summed E-state index contributed by atoms with van der Waals surface area (Å²) in [6.07, 6.45) is 1.53. The number of nitrogens with one attached hydrogen (secondary N) is 1. The Morgan fingerprint density at radius 2 is 1.94 bits per heavy atom. The summed E-state index contributed by atoms with van der Waals surface area (Å²) >= 11 is 1.25. The lowest BCUT2D eigenvalue weighted by Gasteiger charge is -2.05. The van der Waals surface area contributed by atoms with E-state index in [0.29, 0.717) is 38.7 Å². The van der Waals surface area contributed by atoms with Crippen molar-refractivity contribution in [3.63, 3.8) is 0 Å². The highest BCUT2D eigenvalue weighted by Crippen LogP contribution is 2.27. The van der Waals surface area contributed by atoms with Crippen molar-refractivity contribution in [3.8, 4) is 17.3 Å². The number of nitriles is 1. The van der Waals surface area contributed by atoms with E-state index in [1.54, 1.807) is 29.6 Å². The Morgan fingerprint density at radius 1 is 1.09 bits per heavy atom. The van der Waals surface area contributed by atoms with E-state index in [9.17, 15) is 14.9 Å². The molecule has 0 aliphatic heterocycles. The number of hydrogen-bond donors (Lipinski definition) is 1. The van der Waals surface area contributed by atoms with Crippen molar-refractivity contribution in [2.24, 2.45) is 0 Å². The number of rotatable bonds is 4. The number of anilines is 1. The molecule has 0 saturated heterocycles. The molecule has 0 radical (unpaired) electrons. The number of aryl methyl sites for hydroxylation is 1. The van der Waals surface area contributed by atoms with Crippen molar-refractivity contribution in [3.05, 3.63) is 97.6 Å². The largest absolute Gasteiger partial charge is 0.423 e. The first kappa shape index (κ1) is 20.4. The molecule has 0 spiro atoms. The second kappa shape index (κ2) is 8.22. The fourth-order valence-corrected chi connectivity index (χ4v) is 4.26. The molecule has 0 aliphatic rings. The normalized spacial score (nSPS) is 11.6. The number of hydrogen-bond acceptors (Lipinski definition) is 8. The predicted molar refractivity (Wildman–Crippen MR) is 128 cm³/mol. The summed E-state index contributed by atoms with van der Waals surface area (Å²) in [6.45, 7) is 1.84. The highest BCUT2D eigenvalue weighted by atomic mass is 32.1. The van der Waals surface area contributed by atoms with Crippen molar-refractivity contribution in [2.45, 2.75) is 6.92 Å². The maximum atomic E-state index is 12.4. The second-order valence-corrected chi connectivity index (χ2v) is 8.15. The molecular formula is C25H15N3O4S. The van der Waals surface area contributed by atoms with Crippen molar-refractivity contribution in [1.29, 1.82) is 5.26 Å². The van der Waals surface area contributed by atoms with Crippen LogP contribution < -0.4 is 16.6 Å². The molecule has 1 N–H and O–H groups in total. The van der Waals surface area contributed by atoms with Gasteiger partial charge in [0.15, 0.2) is 0 Å². The van der Waals surface area contributed by atoms with Gasteiger partial charge in [0.05, 0.1) is 11.3 Å². The van der Waals surface area contributed by atoms with Crippen LogP contribution in [0, 0.1) is 18.3 Å². The third-order valence-corrected chi connectivity index (χ3v) is 5.98. The summed E-state index contributed by atoms with van der Waals surface area (Å²) in [4.78, 5) is 28.5. The number of benzene rings is 2. The van der Waals surface area contributed by atoms with Crippen molar-refractivity contribution in [2.75, 3.05) is 5.32 Å². The third kappa shape index (κ3) is 3.93. The molecule has 3 heterocycles. The molecule has 5 aromatic rings. The van der Waals surface area contributed by atoms with Gasteiger partial charge in [0.2, 0.25) is 0 Å². The topological polar surface area (TPSA) is 109 Å². The van der Waals surface area contributed by atoms with Crippen LogP contribution in [0.4, 0.5) is 5.69 Å². The zero-order valence-electron chi connectivity index (χ0n) is 17.3. The molecule has 8 heteroatoms. The molecule has 0 atom stereocenters. The van der Waals surface area contributed by atoms with Crippen LogP contribution in [0.15, 0.2) is 84.6 Å². The molecule has 0 saturated carbocycles. The molecular weight excluding hydrogens is 438 g/mol. The Hall–Kier alpha value is -4.48. The van der Waals surface area contributed by atoms with Crippen LogP contribution in [-0.2, 0) is 0 Å². The van der Waals surface area contributed by atoms with Crippen LogP contribution in [0.5, 0.6) is 0 Å². The van der Waals surface area contributed by atoms with Crippen LogP contribution in [0.3, 0.4) is 0 Å². The van der Waals surface area contributed by atoms with E-state index in [2.05, 4.69) is 16.4 Å². The fourth-order valence-electron chi connectivity index (χ4n) is 3.47. The summed E-state index contributed by atoms with van der Waals surface area (Å²) in [5.74, 6) is 0. The van der Waals surface area contributed by atoms with E-state index in [1.165, 1.54) is 23.6 Å². The van der Waals surface area contributed by atoms with Crippen LogP contribution in [0.25, 0.3) is 38.8 Å². The summed E-state index contributed by atoms with van der Waals surface area (Å²) in [7, 11) is 0. The molecule has 2 aromatic carbocycles. The van der Waals surface area contributed by atoms with Crippen LogP contribution in [-0.4, -0.2) is 4.98 Å². The number of fused-ring (bicyclic) bond motifs is 2. The van der Waals surface area contributed by atoms with Gasteiger partial charge in [-0.15, -0.1) is 11.3 Å². The molecule has 33 heavy (non-hydrogen) atoms. The highest BCUT2D eigenvalue weighted by molar-refractivity contribution is 7.11. The number of allylic oxidation sites excluding steroid dienone is 1. The highest BCUT2D eigenvalue weighted by Gasteiger charge is 2.14. The SMILES string of the molecule is Cc1cc(=O)oc2cc(N/C=C(/C#N)c3nc(-c4cc5ccccc5oc4=O)cs3)ccc12. The van der Waals surface area contributed by atoms with Gasteiger partial charge in [0.1, 0.15) is 27.8 Å². The molecule has 3 aromatic heterocycles. The van der Waals surface area contributed by atoms with E-state index >= 15 is 0 Å². The Kier molecular flexibility index (Phi) is 5.09. The zero-order valence-corrected chi connectivity index (χ0v) is 18.1. The minimum absolute atomic E-state index is 0.294. The van der Waals surface area contributed by atoms with Crippen LogP contribution in [0.2, 0.25) is 0 Å². The van der Waals surface area contributed by atoms with Gasteiger partial charge in [-0.25, -0.2) is 14.6 Å². The van der Waals surface area contributed by atoms with Gasteiger partial charge >= 0.3 is 11.3 Å². The molecule has 0 amide bonds. The lowest BCUT2D eigenvalue weighted by molar-refractivity contribution is 0.560. The third-order valence-electron chi connectivity index (χ3n) is 5.11. The summed E-state index contributed by atoms with van der Waals surface area (Å²) in [6, 6.07) is 17.9. The predicted octanol–water partition coefficient (Wildman–Crippen LogP) is 5.31. The van der Waals surface area contributed by atoms with E-state index in [1.807, 2.05) is 31.2 Å². The standard InChI is InChI=1S/C25H15N3O4S/c1-14-8-23(29)31-22-10-17(6-7-18(14)22)27-12-16(11-26)24-28-20(13-33-24)19-9-15-4-2-3-5-21(15)32-25(19)30/h2-10,12-13,27H,1H3/b16-12-. The van der Waals surface area contributed by atoms with Gasteiger partial charge < -0.3 is 14.2 Å². The van der Waals surface area contributed by atoms with E-state index in [-0.39, 0.29) is 0 Å². The molecule has 160 valence electrons. The second-order valence-electron chi connectivity index (χ2n) is 7.30. The van der Waals surface area contributed by atoms with Crippen molar-refractivity contribution in [1.82, 2.24) is 4.98 Å². The van der Waals surface area contributed by atoms with Gasteiger partial charge in [-0.05, 0) is 36.8 Å². The first-order valence-corrected chi connectivity index (χ1v) is 10.8. The lowest BCUT2D eigenvalue weighted by atomic mass is 10.1. The number of nitrogens with zero attached hydrogens (tertiary/aromatic N) is 2. The smallest absolute Gasteiger partial charge is 0.345 e. The minimum Gasteiger partial charge on any atom is -0.423 e.